The van der Waals surface area contributed by atoms with Crippen LogP contribution in [0.3, 0.4) is 0 Å². The second kappa shape index (κ2) is 13.1. The molecule has 0 fully saturated rings. The average Bonchev–Trinajstić information content (AvgIpc) is 2.83. The molecule has 0 aliphatic carbocycles. The fourth-order valence-corrected chi connectivity index (χ4v) is 3.48. The quantitative estimate of drug-likeness (QED) is 0.300. The van der Waals surface area contributed by atoms with Crippen LogP contribution in [-0.2, 0) is 17.6 Å². The van der Waals surface area contributed by atoms with E-state index in [-0.39, 0.29) is 43.3 Å². The van der Waals surface area contributed by atoms with Crippen LogP contribution in [0.5, 0.6) is 23.0 Å². The molecule has 8 nitrogen and oxygen atoms in total. The summed E-state index contributed by atoms with van der Waals surface area (Å²) in [5.41, 5.74) is 1.32. The number of carbonyl (C=O) groups excluding carboxylic acids is 1. The van der Waals surface area contributed by atoms with Gasteiger partial charge in [-0.1, -0.05) is 32.2 Å². The summed E-state index contributed by atoms with van der Waals surface area (Å²) >= 11 is 0. The summed E-state index contributed by atoms with van der Waals surface area (Å²) in [5, 5.41) is 18.6. The number of aliphatic carboxylic acids is 1. The van der Waals surface area contributed by atoms with Crippen molar-refractivity contribution in [3.63, 3.8) is 0 Å². The van der Waals surface area contributed by atoms with Crippen LogP contribution in [0, 0.1) is 0 Å². The van der Waals surface area contributed by atoms with Crippen molar-refractivity contribution in [2.24, 2.45) is 0 Å². The Morgan fingerprint density at radius 2 is 1.62 bits per heavy atom. The van der Waals surface area contributed by atoms with Gasteiger partial charge in [0.15, 0.2) is 17.3 Å². The monoisotopic (exact) mass is 470 g/mol. The number of benzene rings is 2. The lowest BCUT2D eigenvalue weighted by Crippen LogP contribution is -2.16. The van der Waals surface area contributed by atoms with Crippen LogP contribution in [0.25, 0.3) is 0 Å². The van der Waals surface area contributed by atoms with Crippen LogP contribution < -0.4 is 18.9 Å². The Labute approximate surface area is 199 Å². The minimum absolute atomic E-state index is 0.0674. The third-order valence-corrected chi connectivity index (χ3v) is 4.87. The first-order valence-corrected chi connectivity index (χ1v) is 10.8. The molecule has 0 saturated carbocycles. The predicted octanol–water partition coefficient (Wildman–Crippen LogP) is 3.62. The zero-order valence-electron chi connectivity index (χ0n) is 19.5. The van der Waals surface area contributed by atoms with E-state index in [2.05, 4.69) is 13.2 Å². The molecule has 0 amide bonds. The molecule has 0 bridgehead atoms. The number of rotatable bonds is 15. The van der Waals surface area contributed by atoms with Gasteiger partial charge in [0.25, 0.3) is 0 Å². The number of aliphatic hydroxyl groups excluding tert-OH is 1. The molecule has 182 valence electrons. The maximum Gasteiger partial charge on any atom is 0.307 e. The standard InChI is InChI=1S/C26H30O8/c1-5-11-32-21-16-23(33-12-6-2)25(19(15-24(28)29)18(21)7-3)26(30)17-8-9-20(34-13-10-27)22(14-17)31-4/h5-6,8-9,14,16,27H,1-2,7,10-13,15H2,3-4H3,(H,28,29). The highest BCUT2D eigenvalue weighted by molar-refractivity contribution is 6.12. The van der Waals surface area contributed by atoms with E-state index < -0.39 is 18.2 Å². The lowest BCUT2D eigenvalue weighted by molar-refractivity contribution is -0.136. The summed E-state index contributed by atoms with van der Waals surface area (Å²) in [7, 11) is 1.44. The zero-order chi connectivity index (χ0) is 25.1. The summed E-state index contributed by atoms with van der Waals surface area (Å²) in [6.07, 6.45) is 3.15. The number of hydrogen-bond acceptors (Lipinski definition) is 7. The van der Waals surface area contributed by atoms with Crippen LogP contribution in [0.4, 0.5) is 0 Å². The number of carboxylic acids is 1. The summed E-state index contributed by atoms with van der Waals surface area (Å²) in [5.74, 6) is -0.243. The van der Waals surface area contributed by atoms with Gasteiger partial charge in [0, 0.05) is 11.6 Å². The molecule has 34 heavy (non-hydrogen) atoms. The van der Waals surface area contributed by atoms with E-state index in [1.165, 1.54) is 19.3 Å². The van der Waals surface area contributed by atoms with Gasteiger partial charge in [-0.2, -0.15) is 0 Å². The van der Waals surface area contributed by atoms with E-state index in [9.17, 15) is 14.7 Å². The summed E-state index contributed by atoms with van der Waals surface area (Å²) in [6, 6.07) is 6.21. The average molecular weight is 471 g/mol. The number of ketones is 1. The van der Waals surface area contributed by atoms with Crippen LogP contribution in [0.1, 0.15) is 34.0 Å². The summed E-state index contributed by atoms with van der Waals surface area (Å²) < 4.78 is 22.3. The highest BCUT2D eigenvalue weighted by atomic mass is 16.5. The number of methoxy groups -OCH3 is 1. The second-order valence-electron chi connectivity index (χ2n) is 7.10. The van der Waals surface area contributed by atoms with E-state index in [0.717, 1.165) is 0 Å². The first-order valence-electron chi connectivity index (χ1n) is 10.8. The van der Waals surface area contributed by atoms with Gasteiger partial charge in [-0.25, -0.2) is 0 Å². The molecule has 2 aromatic rings. The van der Waals surface area contributed by atoms with Crippen LogP contribution in [0.15, 0.2) is 49.6 Å². The largest absolute Gasteiger partial charge is 0.493 e. The SMILES string of the molecule is C=CCOc1cc(OCC=C)c(C(=O)c2ccc(OCCO)c(OC)c2)c(CC(=O)O)c1CC. The first-order chi connectivity index (χ1) is 16.4. The third-order valence-electron chi connectivity index (χ3n) is 4.87. The minimum Gasteiger partial charge on any atom is -0.493 e. The van der Waals surface area contributed by atoms with Crippen molar-refractivity contribution in [3.05, 3.63) is 71.8 Å². The summed E-state index contributed by atoms with van der Waals surface area (Å²) in [6.45, 7) is 9.36. The van der Waals surface area contributed by atoms with Crippen molar-refractivity contribution in [1.82, 2.24) is 0 Å². The van der Waals surface area contributed by atoms with Crippen molar-refractivity contribution in [2.75, 3.05) is 33.5 Å². The Hall–Kier alpha value is -3.78. The van der Waals surface area contributed by atoms with Gasteiger partial charge in [0.1, 0.15) is 31.3 Å². The Morgan fingerprint density at radius 3 is 2.18 bits per heavy atom. The molecule has 2 aromatic carbocycles. The van der Waals surface area contributed by atoms with Crippen molar-refractivity contribution in [1.29, 1.82) is 0 Å². The first kappa shape index (κ1) is 26.5. The Bertz CT molecular complexity index is 1040. The Morgan fingerprint density at radius 1 is 0.941 bits per heavy atom. The highest BCUT2D eigenvalue weighted by Gasteiger charge is 2.27. The van der Waals surface area contributed by atoms with Gasteiger partial charge in [-0.3, -0.25) is 9.59 Å². The molecular formula is C26H30O8. The Balaban J connectivity index is 2.73. The number of hydrogen-bond donors (Lipinski definition) is 2. The van der Waals surface area contributed by atoms with Crippen molar-refractivity contribution in [3.8, 4) is 23.0 Å². The minimum atomic E-state index is -1.09. The second-order valence-corrected chi connectivity index (χ2v) is 7.10. The van der Waals surface area contributed by atoms with Crippen LogP contribution in [-0.4, -0.2) is 55.5 Å². The fraction of sp³-hybridized carbons (Fsp3) is 0.308. The van der Waals surface area contributed by atoms with Crippen molar-refractivity contribution in [2.45, 2.75) is 19.8 Å². The number of carbonyl (C=O) groups is 2. The van der Waals surface area contributed by atoms with E-state index in [1.807, 2.05) is 6.92 Å². The van der Waals surface area contributed by atoms with Gasteiger partial charge in [-0.15, -0.1) is 0 Å². The topological polar surface area (TPSA) is 112 Å². The van der Waals surface area contributed by atoms with E-state index >= 15 is 0 Å². The van der Waals surface area contributed by atoms with Gasteiger partial charge in [-0.05, 0) is 35.7 Å². The predicted molar refractivity (Wildman–Crippen MR) is 128 cm³/mol. The zero-order valence-corrected chi connectivity index (χ0v) is 19.5. The smallest absolute Gasteiger partial charge is 0.307 e. The molecular weight excluding hydrogens is 440 g/mol. The molecule has 0 spiro atoms. The van der Waals surface area contributed by atoms with Crippen molar-refractivity contribution >= 4 is 11.8 Å². The molecule has 0 aromatic heterocycles. The van der Waals surface area contributed by atoms with E-state index in [0.29, 0.717) is 34.8 Å². The molecule has 2 N–H and O–H groups in total. The molecule has 8 heteroatoms. The van der Waals surface area contributed by atoms with Gasteiger partial charge in [0.05, 0.1) is 25.7 Å². The lowest BCUT2D eigenvalue weighted by atomic mass is 9.90. The molecule has 0 saturated heterocycles. The van der Waals surface area contributed by atoms with Gasteiger partial charge < -0.3 is 29.2 Å². The van der Waals surface area contributed by atoms with E-state index in [4.69, 9.17) is 24.1 Å². The maximum atomic E-state index is 13.7. The van der Waals surface area contributed by atoms with Gasteiger partial charge >= 0.3 is 5.97 Å². The van der Waals surface area contributed by atoms with Crippen molar-refractivity contribution < 1.29 is 38.7 Å². The molecule has 0 unspecified atom stereocenters. The Kier molecular flexibility index (Phi) is 10.2. The van der Waals surface area contributed by atoms with E-state index in [1.54, 1.807) is 24.3 Å². The number of aliphatic hydroxyl groups is 1. The number of carboxylic acid groups (broad SMARTS) is 1. The maximum absolute atomic E-state index is 13.7. The fourth-order valence-electron chi connectivity index (χ4n) is 3.48. The molecule has 0 radical (unpaired) electrons. The third kappa shape index (κ3) is 6.39. The molecule has 0 aliphatic heterocycles. The molecule has 0 aliphatic rings. The molecule has 0 heterocycles. The summed E-state index contributed by atoms with van der Waals surface area (Å²) in [4.78, 5) is 25.5. The molecule has 0 atom stereocenters. The lowest BCUT2D eigenvalue weighted by Gasteiger charge is -2.21. The normalized spacial score (nSPS) is 10.3. The van der Waals surface area contributed by atoms with Crippen LogP contribution in [0.2, 0.25) is 0 Å². The molecule has 2 rings (SSSR count). The van der Waals surface area contributed by atoms with Crippen LogP contribution >= 0.6 is 0 Å². The highest BCUT2D eigenvalue weighted by Crippen LogP contribution is 2.38. The van der Waals surface area contributed by atoms with Gasteiger partial charge in [0.2, 0.25) is 0 Å². The number of ether oxygens (including phenoxy) is 4.